The van der Waals surface area contributed by atoms with E-state index in [4.69, 9.17) is 0 Å². The van der Waals surface area contributed by atoms with E-state index < -0.39 is 0 Å². The van der Waals surface area contributed by atoms with Crippen molar-refractivity contribution in [3.8, 4) is 0 Å². The Bertz CT molecular complexity index is 983. The highest BCUT2D eigenvalue weighted by atomic mass is 32.2. The third-order valence-corrected chi connectivity index (χ3v) is 7.08. The number of hydrogen-bond donors (Lipinski definition) is 0. The molecule has 0 radical (unpaired) electrons. The number of amides is 1. The van der Waals surface area contributed by atoms with Crippen molar-refractivity contribution in [3.05, 3.63) is 77.6 Å². The maximum Gasteiger partial charge on any atom is 0.233 e. The first-order valence-electron chi connectivity index (χ1n) is 12.1. The van der Waals surface area contributed by atoms with Crippen molar-refractivity contribution in [2.75, 3.05) is 26.9 Å². The van der Waals surface area contributed by atoms with E-state index in [9.17, 15) is 4.79 Å². The standard InChI is InChI=1S/C27H37N5OS/c1-6-8-19-32-26(23(7-2)30(3)4)28-29-27(32)34-20-24(33)31(5)25(21-15-11-9-12-16-21)22-17-13-10-14-18-22/h9-18,23,25H,6-8,19-20H2,1-5H3. The summed E-state index contributed by atoms with van der Waals surface area (Å²) >= 11 is 1.48. The fourth-order valence-corrected chi connectivity index (χ4v) is 5.14. The smallest absolute Gasteiger partial charge is 0.233 e. The second-order valence-electron chi connectivity index (χ2n) is 8.75. The monoisotopic (exact) mass is 479 g/mol. The number of hydrogen-bond acceptors (Lipinski definition) is 5. The summed E-state index contributed by atoms with van der Waals surface area (Å²) in [4.78, 5) is 17.4. The minimum atomic E-state index is -0.137. The summed E-state index contributed by atoms with van der Waals surface area (Å²) in [5.74, 6) is 1.36. The van der Waals surface area contributed by atoms with Crippen LogP contribution in [0, 0.1) is 0 Å². The van der Waals surface area contributed by atoms with E-state index in [0.717, 1.165) is 47.9 Å². The van der Waals surface area contributed by atoms with Gasteiger partial charge in [-0.15, -0.1) is 10.2 Å². The van der Waals surface area contributed by atoms with Crippen LogP contribution in [0.4, 0.5) is 0 Å². The number of carbonyl (C=O) groups excluding carboxylic acids is 1. The van der Waals surface area contributed by atoms with E-state index in [1.807, 2.05) is 48.3 Å². The lowest BCUT2D eigenvalue weighted by molar-refractivity contribution is -0.128. The van der Waals surface area contributed by atoms with E-state index in [2.05, 4.69) is 71.9 Å². The number of benzene rings is 2. The Labute approximate surface area is 208 Å². The number of nitrogens with zero attached hydrogens (tertiary/aromatic N) is 5. The zero-order valence-corrected chi connectivity index (χ0v) is 21.8. The van der Waals surface area contributed by atoms with Gasteiger partial charge in [0.25, 0.3) is 0 Å². The third-order valence-electron chi connectivity index (χ3n) is 6.12. The molecule has 1 unspecified atom stereocenters. The summed E-state index contributed by atoms with van der Waals surface area (Å²) in [6.07, 6.45) is 3.11. The maximum atomic E-state index is 13.4. The lowest BCUT2D eigenvalue weighted by atomic mass is 9.97. The van der Waals surface area contributed by atoms with Gasteiger partial charge in [-0.2, -0.15) is 0 Å². The molecule has 1 amide bonds. The molecule has 3 aromatic rings. The molecule has 6 nitrogen and oxygen atoms in total. The summed E-state index contributed by atoms with van der Waals surface area (Å²) in [6, 6.07) is 20.5. The van der Waals surface area contributed by atoms with Crippen molar-refractivity contribution in [2.24, 2.45) is 0 Å². The Balaban J connectivity index is 1.80. The molecule has 2 aromatic carbocycles. The van der Waals surface area contributed by atoms with Gasteiger partial charge in [-0.25, -0.2) is 0 Å². The van der Waals surface area contributed by atoms with Crippen molar-refractivity contribution in [3.63, 3.8) is 0 Å². The van der Waals surface area contributed by atoms with Crippen molar-refractivity contribution >= 4 is 17.7 Å². The molecule has 182 valence electrons. The van der Waals surface area contributed by atoms with E-state index >= 15 is 0 Å². The molecule has 0 saturated heterocycles. The first kappa shape index (κ1) is 26.0. The number of rotatable bonds is 12. The van der Waals surface area contributed by atoms with Crippen LogP contribution < -0.4 is 0 Å². The lowest BCUT2D eigenvalue weighted by Crippen LogP contribution is -2.33. The molecule has 0 aliphatic rings. The van der Waals surface area contributed by atoms with Crippen molar-refractivity contribution in [1.82, 2.24) is 24.6 Å². The zero-order chi connectivity index (χ0) is 24.5. The van der Waals surface area contributed by atoms with E-state index in [1.165, 1.54) is 11.8 Å². The van der Waals surface area contributed by atoms with Crippen LogP contribution in [0.2, 0.25) is 0 Å². The normalized spacial score (nSPS) is 12.3. The molecule has 0 spiro atoms. The molecule has 0 aliphatic carbocycles. The minimum Gasteiger partial charge on any atom is -0.334 e. The van der Waals surface area contributed by atoms with Gasteiger partial charge in [0.15, 0.2) is 11.0 Å². The largest absolute Gasteiger partial charge is 0.334 e. The number of thioether (sulfide) groups is 1. The minimum absolute atomic E-state index is 0.0638. The second kappa shape index (κ2) is 12.7. The van der Waals surface area contributed by atoms with Gasteiger partial charge in [-0.05, 0) is 38.1 Å². The van der Waals surface area contributed by atoms with Gasteiger partial charge in [0.05, 0.1) is 17.8 Å². The molecule has 1 aromatic heterocycles. The van der Waals surface area contributed by atoms with Crippen LogP contribution in [0.5, 0.6) is 0 Å². The van der Waals surface area contributed by atoms with Crippen molar-refractivity contribution < 1.29 is 4.79 Å². The molecule has 34 heavy (non-hydrogen) atoms. The Morgan fingerprint density at radius 1 is 0.941 bits per heavy atom. The molecular formula is C27H37N5OS. The molecule has 0 fully saturated rings. The van der Waals surface area contributed by atoms with Crippen LogP contribution in [-0.4, -0.2) is 57.4 Å². The van der Waals surface area contributed by atoms with Gasteiger partial charge in [0, 0.05) is 13.6 Å². The molecule has 0 saturated carbocycles. The van der Waals surface area contributed by atoms with Gasteiger partial charge in [-0.3, -0.25) is 9.69 Å². The maximum absolute atomic E-state index is 13.4. The SMILES string of the molecule is CCCCn1c(SCC(=O)N(C)C(c2ccccc2)c2ccccc2)nnc1C(CC)N(C)C. The summed E-state index contributed by atoms with van der Waals surface area (Å²) < 4.78 is 2.21. The first-order valence-corrected chi connectivity index (χ1v) is 13.0. The van der Waals surface area contributed by atoms with Gasteiger partial charge in [-0.1, -0.05) is 92.7 Å². The Morgan fingerprint density at radius 2 is 1.53 bits per heavy atom. The van der Waals surface area contributed by atoms with E-state index in [-0.39, 0.29) is 18.0 Å². The number of aromatic nitrogens is 3. The van der Waals surface area contributed by atoms with Crippen LogP contribution in [0.1, 0.15) is 62.1 Å². The molecular weight excluding hydrogens is 442 g/mol. The average molecular weight is 480 g/mol. The van der Waals surface area contributed by atoms with Crippen molar-refractivity contribution in [2.45, 2.75) is 56.9 Å². The van der Waals surface area contributed by atoms with E-state index in [0.29, 0.717) is 5.75 Å². The molecule has 1 heterocycles. The highest BCUT2D eigenvalue weighted by Crippen LogP contribution is 2.30. The average Bonchev–Trinajstić information content (AvgIpc) is 3.25. The topological polar surface area (TPSA) is 54.3 Å². The fraction of sp³-hybridized carbons (Fsp3) is 0.444. The summed E-state index contributed by atoms with van der Waals surface area (Å²) in [5, 5.41) is 9.85. The summed E-state index contributed by atoms with van der Waals surface area (Å²) in [6.45, 7) is 5.22. The van der Waals surface area contributed by atoms with Crippen LogP contribution in [0.25, 0.3) is 0 Å². The van der Waals surface area contributed by atoms with Crippen LogP contribution in [-0.2, 0) is 11.3 Å². The predicted octanol–water partition coefficient (Wildman–Crippen LogP) is 5.43. The Hall–Kier alpha value is -2.64. The summed E-state index contributed by atoms with van der Waals surface area (Å²) in [7, 11) is 6.04. The van der Waals surface area contributed by atoms with Gasteiger partial charge >= 0.3 is 0 Å². The van der Waals surface area contributed by atoms with Gasteiger partial charge in [0.2, 0.25) is 5.91 Å². The number of unbranched alkanes of at least 4 members (excludes halogenated alkanes) is 1. The molecule has 0 aliphatic heterocycles. The van der Waals surface area contributed by atoms with Crippen molar-refractivity contribution in [1.29, 1.82) is 0 Å². The molecule has 3 rings (SSSR count). The molecule has 0 bridgehead atoms. The van der Waals surface area contributed by atoms with Crippen LogP contribution in [0.3, 0.4) is 0 Å². The van der Waals surface area contributed by atoms with Gasteiger partial charge < -0.3 is 9.47 Å². The summed E-state index contributed by atoms with van der Waals surface area (Å²) in [5.41, 5.74) is 2.19. The highest BCUT2D eigenvalue weighted by Gasteiger charge is 2.25. The molecule has 1 atom stereocenters. The van der Waals surface area contributed by atoms with E-state index in [1.54, 1.807) is 0 Å². The zero-order valence-electron chi connectivity index (χ0n) is 21.0. The Morgan fingerprint density at radius 3 is 2.03 bits per heavy atom. The number of carbonyl (C=O) groups is 1. The van der Waals surface area contributed by atoms with Gasteiger partial charge in [0.1, 0.15) is 0 Å². The third kappa shape index (κ3) is 6.27. The quantitative estimate of drug-likeness (QED) is 0.324. The predicted molar refractivity (Wildman–Crippen MR) is 140 cm³/mol. The lowest BCUT2D eigenvalue weighted by Gasteiger charge is -2.29. The molecule has 7 heteroatoms. The Kier molecular flexibility index (Phi) is 9.72. The van der Waals surface area contributed by atoms with Crippen LogP contribution in [0.15, 0.2) is 65.8 Å². The first-order chi connectivity index (χ1) is 16.5. The second-order valence-corrected chi connectivity index (χ2v) is 9.69. The highest BCUT2D eigenvalue weighted by molar-refractivity contribution is 7.99. The fourth-order valence-electron chi connectivity index (χ4n) is 4.24. The molecule has 0 N–H and O–H groups in total. The van der Waals surface area contributed by atoms with Crippen LogP contribution >= 0.6 is 11.8 Å².